The Morgan fingerprint density at radius 1 is 1.67 bits per heavy atom. The van der Waals surface area contributed by atoms with Gasteiger partial charge < -0.3 is 15.0 Å². The average Bonchev–Trinajstić information content (AvgIpc) is 2.03. The van der Waals surface area contributed by atoms with Crippen molar-refractivity contribution in [3.63, 3.8) is 0 Å². The molecule has 0 saturated carbocycles. The van der Waals surface area contributed by atoms with Crippen molar-refractivity contribution in [3.8, 4) is 0 Å². The molecule has 0 aromatic carbocycles. The third-order valence-electron chi connectivity index (χ3n) is 1.88. The van der Waals surface area contributed by atoms with Crippen LogP contribution in [0.4, 0.5) is 0 Å². The van der Waals surface area contributed by atoms with E-state index >= 15 is 0 Å². The number of ether oxygens (including phenoxy) is 1. The maximum Gasteiger partial charge on any atom is 0.304 e. The summed E-state index contributed by atoms with van der Waals surface area (Å²) in [5, 5.41) is 2.77. The predicted octanol–water partition coefficient (Wildman–Crippen LogP) is -1.06. The smallest absolute Gasteiger partial charge is 0.304 e. The van der Waals surface area contributed by atoms with Crippen molar-refractivity contribution in [1.82, 2.24) is 10.2 Å². The van der Waals surface area contributed by atoms with E-state index in [0.717, 1.165) is 0 Å². The van der Waals surface area contributed by atoms with E-state index in [9.17, 15) is 9.59 Å². The third-order valence-corrected chi connectivity index (χ3v) is 1.88. The number of hydrogen-bond donors (Lipinski definition) is 1. The Bertz CT molecular complexity index is 217. The van der Waals surface area contributed by atoms with Gasteiger partial charge in [0.15, 0.2) is 0 Å². The van der Waals surface area contributed by atoms with Crippen LogP contribution in [0, 0.1) is 0 Å². The third kappa shape index (κ3) is 1.27. The maximum absolute atomic E-state index is 11.1. The second-order valence-corrected chi connectivity index (χ2v) is 2.72. The summed E-state index contributed by atoms with van der Waals surface area (Å²) in [6.45, 7) is 1.32. The fourth-order valence-electron chi connectivity index (χ4n) is 1.19. The molecule has 0 radical (unpaired) electrons. The molecule has 1 amide bonds. The van der Waals surface area contributed by atoms with Crippen molar-refractivity contribution >= 4 is 11.9 Å². The summed E-state index contributed by atoms with van der Waals surface area (Å²) in [7, 11) is 3.26. The van der Waals surface area contributed by atoms with Crippen LogP contribution in [-0.4, -0.2) is 43.1 Å². The van der Waals surface area contributed by atoms with Crippen LogP contribution in [0.1, 0.15) is 6.92 Å². The first kappa shape index (κ1) is 8.99. The van der Waals surface area contributed by atoms with E-state index in [0.29, 0.717) is 0 Å². The van der Waals surface area contributed by atoms with E-state index in [4.69, 9.17) is 4.74 Å². The molecule has 0 aliphatic carbocycles. The summed E-state index contributed by atoms with van der Waals surface area (Å²) < 4.78 is 4.88. The first-order chi connectivity index (χ1) is 5.57. The minimum atomic E-state index is -0.444. The van der Waals surface area contributed by atoms with Crippen LogP contribution in [0.3, 0.4) is 0 Å². The molecule has 2 atom stereocenters. The van der Waals surface area contributed by atoms with E-state index in [1.807, 2.05) is 0 Å². The second-order valence-electron chi connectivity index (χ2n) is 2.72. The molecule has 1 N–H and O–H groups in total. The molecule has 12 heavy (non-hydrogen) atoms. The van der Waals surface area contributed by atoms with Crippen LogP contribution < -0.4 is 5.32 Å². The highest BCUT2D eigenvalue weighted by Crippen LogP contribution is 2.18. The highest BCUT2D eigenvalue weighted by atomic mass is 16.6. The molecule has 1 aliphatic heterocycles. The molecule has 2 unspecified atom stereocenters. The number of β-lactam (4-membered cyclic amide) rings is 1. The lowest BCUT2D eigenvalue weighted by Gasteiger charge is -2.42. The Morgan fingerprint density at radius 3 is 2.67 bits per heavy atom. The lowest BCUT2D eigenvalue weighted by molar-refractivity contribution is -0.185. The van der Waals surface area contributed by atoms with Gasteiger partial charge in [-0.1, -0.05) is 0 Å². The highest BCUT2D eigenvalue weighted by molar-refractivity contribution is 5.89. The van der Waals surface area contributed by atoms with Gasteiger partial charge >= 0.3 is 5.97 Å². The normalized spacial score (nSPS) is 28.2. The summed E-state index contributed by atoms with van der Waals surface area (Å²) in [5.41, 5.74) is 0. The number of esters is 1. The molecule has 68 valence electrons. The number of nitrogens with zero attached hydrogens (tertiary/aromatic N) is 1. The van der Waals surface area contributed by atoms with Gasteiger partial charge in [0, 0.05) is 14.0 Å². The average molecular weight is 172 g/mol. The van der Waals surface area contributed by atoms with E-state index in [1.54, 1.807) is 14.1 Å². The molecule has 1 fully saturated rings. The van der Waals surface area contributed by atoms with Gasteiger partial charge in [-0.2, -0.15) is 0 Å². The number of carbonyl (C=O) groups excluding carboxylic acids is 2. The number of nitrogens with one attached hydrogen (secondary N) is 1. The molecule has 1 saturated heterocycles. The van der Waals surface area contributed by atoms with Crippen molar-refractivity contribution in [2.45, 2.75) is 19.2 Å². The Morgan fingerprint density at radius 2 is 2.25 bits per heavy atom. The van der Waals surface area contributed by atoms with E-state index in [-0.39, 0.29) is 17.9 Å². The van der Waals surface area contributed by atoms with Crippen LogP contribution in [0.25, 0.3) is 0 Å². The van der Waals surface area contributed by atoms with Gasteiger partial charge in [0.05, 0.1) is 0 Å². The number of likely N-dealkylation sites (tertiary alicyclic amines) is 1. The van der Waals surface area contributed by atoms with E-state index in [1.165, 1.54) is 11.8 Å². The summed E-state index contributed by atoms with van der Waals surface area (Å²) in [6, 6.07) is -0.376. The zero-order valence-electron chi connectivity index (χ0n) is 7.33. The monoisotopic (exact) mass is 172 g/mol. The lowest BCUT2D eigenvalue weighted by atomic mass is 10.1. The Hall–Kier alpha value is -1.10. The van der Waals surface area contributed by atoms with Crippen LogP contribution >= 0.6 is 0 Å². The predicted molar refractivity (Wildman–Crippen MR) is 41.2 cm³/mol. The first-order valence-electron chi connectivity index (χ1n) is 3.69. The standard InChI is InChI=1S/C7H12N2O3/c1-4(10)12-7-5(8-2)6(11)9(7)3/h5,7-8H,1-3H3. The number of hydrogen-bond acceptors (Lipinski definition) is 4. The SMILES string of the molecule is CNC1C(=O)N(C)C1OC(C)=O. The largest absolute Gasteiger partial charge is 0.439 e. The molecule has 0 aromatic heterocycles. The van der Waals surface area contributed by atoms with Crippen LogP contribution in [0.15, 0.2) is 0 Å². The molecule has 0 aromatic rings. The van der Waals surface area contributed by atoms with Crippen molar-refractivity contribution in [3.05, 3.63) is 0 Å². The Balaban J connectivity index is 2.54. The molecular weight excluding hydrogens is 160 g/mol. The fraction of sp³-hybridized carbons (Fsp3) is 0.714. The van der Waals surface area contributed by atoms with Crippen LogP contribution in [0.2, 0.25) is 0 Å². The quantitative estimate of drug-likeness (QED) is 0.426. The van der Waals surface area contributed by atoms with Gasteiger partial charge in [-0.3, -0.25) is 9.59 Å². The van der Waals surface area contributed by atoms with Gasteiger partial charge in [0.25, 0.3) is 0 Å². The summed E-state index contributed by atoms with van der Waals surface area (Å²) in [5.74, 6) is -0.427. The molecule has 0 bridgehead atoms. The Labute approximate surface area is 70.7 Å². The molecular formula is C7H12N2O3. The van der Waals surface area contributed by atoms with Crippen molar-refractivity contribution in [2.24, 2.45) is 0 Å². The van der Waals surface area contributed by atoms with Crippen molar-refractivity contribution in [2.75, 3.05) is 14.1 Å². The molecule has 1 aliphatic rings. The van der Waals surface area contributed by atoms with Crippen molar-refractivity contribution in [1.29, 1.82) is 0 Å². The second kappa shape index (κ2) is 3.10. The Kier molecular flexibility index (Phi) is 2.32. The molecule has 5 nitrogen and oxygen atoms in total. The summed E-state index contributed by atoms with van der Waals surface area (Å²) in [4.78, 5) is 23.0. The van der Waals surface area contributed by atoms with Crippen LogP contribution in [-0.2, 0) is 14.3 Å². The van der Waals surface area contributed by atoms with Gasteiger partial charge in [-0.25, -0.2) is 0 Å². The van der Waals surface area contributed by atoms with Crippen molar-refractivity contribution < 1.29 is 14.3 Å². The molecule has 5 heteroatoms. The molecule has 1 heterocycles. The molecule has 0 spiro atoms. The maximum atomic E-state index is 11.1. The highest BCUT2D eigenvalue weighted by Gasteiger charge is 2.46. The first-order valence-corrected chi connectivity index (χ1v) is 3.69. The lowest BCUT2D eigenvalue weighted by Crippen LogP contribution is -2.69. The fourth-order valence-corrected chi connectivity index (χ4v) is 1.19. The van der Waals surface area contributed by atoms with Gasteiger partial charge in [-0.05, 0) is 7.05 Å². The minimum Gasteiger partial charge on any atom is -0.439 e. The van der Waals surface area contributed by atoms with E-state index < -0.39 is 6.23 Å². The zero-order chi connectivity index (χ0) is 9.30. The minimum absolute atomic E-state index is 0.0521. The van der Waals surface area contributed by atoms with Gasteiger partial charge in [0.2, 0.25) is 12.1 Å². The number of likely N-dealkylation sites (N-methyl/N-ethyl adjacent to an activating group) is 2. The molecule has 1 rings (SSSR count). The number of amides is 1. The topological polar surface area (TPSA) is 58.6 Å². The van der Waals surface area contributed by atoms with E-state index in [2.05, 4.69) is 5.32 Å². The number of carbonyl (C=O) groups is 2. The zero-order valence-corrected chi connectivity index (χ0v) is 7.33. The van der Waals surface area contributed by atoms with Crippen LogP contribution in [0.5, 0.6) is 0 Å². The van der Waals surface area contributed by atoms with Gasteiger partial charge in [-0.15, -0.1) is 0 Å². The summed E-state index contributed by atoms with van der Waals surface area (Å²) >= 11 is 0. The number of rotatable bonds is 2. The summed E-state index contributed by atoms with van der Waals surface area (Å²) in [6.07, 6.45) is -0.444. The van der Waals surface area contributed by atoms with Gasteiger partial charge in [0.1, 0.15) is 6.04 Å².